The molecule has 1 amide bonds. The number of ether oxygens (including phenoxy) is 6. The van der Waals surface area contributed by atoms with Crippen LogP contribution in [0.25, 0.3) is 0 Å². The molecular formula is C43H61NO15. The van der Waals surface area contributed by atoms with Crippen molar-refractivity contribution in [3.8, 4) is 0 Å². The van der Waals surface area contributed by atoms with Crippen molar-refractivity contribution >= 4 is 24.0 Å². The summed E-state index contributed by atoms with van der Waals surface area (Å²) in [5, 5.41) is 39.6. The first-order valence-electron chi connectivity index (χ1n) is 20.0. The molecule has 11 atom stereocenters. The Morgan fingerprint density at radius 2 is 1.66 bits per heavy atom. The summed E-state index contributed by atoms with van der Waals surface area (Å²) in [7, 11) is 0. The molecule has 1 saturated carbocycles. The van der Waals surface area contributed by atoms with E-state index in [2.05, 4.69) is 5.32 Å². The number of allylic oxidation sites excluding steroid dienone is 1. The summed E-state index contributed by atoms with van der Waals surface area (Å²) < 4.78 is 36.1. The molecular weight excluding hydrogens is 770 g/mol. The Balaban J connectivity index is 1.66. The van der Waals surface area contributed by atoms with Crippen LogP contribution >= 0.6 is 0 Å². The van der Waals surface area contributed by atoms with Crippen LogP contribution in [0.1, 0.15) is 94.6 Å². The minimum atomic E-state index is -2.18. The van der Waals surface area contributed by atoms with Gasteiger partial charge in [-0.3, -0.25) is 9.59 Å². The van der Waals surface area contributed by atoms with Crippen LogP contribution in [0.3, 0.4) is 0 Å². The van der Waals surface area contributed by atoms with Gasteiger partial charge in [0.2, 0.25) is 0 Å². The highest BCUT2D eigenvalue weighted by molar-refractivity contribution is 5.78. The summed E-state index contributed by atoms with van der Waals surface area (Å²) in [5.74, 6) is -3.71. The summed E-state index contributed by atoms with van der Waals surface area (Å²) in [5.41, 5.74) is -5.56. The predicted octanol–water partition coefficient (Wildman–Crippen LogP) is 3.92. The summed E-state index contributed by atoms with van der Waals surface area (Å²) >= 11 is 0. The third kappa shape index (κ3) is 9.24. The average Bonchev–Trinajstić information content (AvgIpc) is 3.12. The van der Waals surface area contributed by atoms with E-state index >= 15 is 0 Å². The van der Waals surface area contributed by atoms with Gasteiger partial charge in [0.15, 0.2) is 11.7 Å². The van der Waals surface area contributed by atoms with Crippen LogP contribution in [0, 0.1) is 11.3 Å². The van der Waals surface area contributed by atoms with Crippen molar-refractivity contribution in [1.82, 2.24) is 5.32 Å². The second-order valence-electron chi connectivity index (χ2n) is 18.1. The van der Waals surface area contributed by atoms with Crippen LogP contribution in [0.2, 0.25) is 0 Å². The summed E-state index contributed by atoms with van der Waals surface area (Å²) in [6.45, 7) is 17.0. The highest BCUT2D eigenvalue weighted by Crippen LogP contribution is 2.61. The van der Waals surface area contributed by atoms with Gasteiger partial charge in [0.05, 0.1) is 31.3 Å². The maximum atomic E-state index is 14.1. The van der Waals surface area contributed by atoms with Gasteiger partial charge in [-0.15, -0.1) is 0 Å². The van der Waals surface area contributed by atoms with E-state index in [-0.39, 0.29) is 26.2 Å². The second-order valence-corrected chi connectivity index (χ2v) is 18.1. The highest BCUT2D eigenvalue weighted by Gasteiger charge is 2.75. The first kappa shape index (κ1) is 46.2. The van der Waals surface area contributed by atoms with Gasteiger partial charge in [-0.25, -0.2) is 19.4 Å². The molecule has 2 aliphatic carbocycles. The number of rotatable bonds is 11. The first-order chi connectivity index (χ1) is 27.4. The Bertz CT molecular complexity index is 1800. The van der Waals surface area contributed by atoms with Gasteiger partial charge >= 0.3 is 24.0 Å². The SMILES string of the molecule is CC(=O)O[C@H]1CO[C@]2(C)[C@@H](O)C[C@H]3OC[C@@]3(OC(C)=O)[C@H]2[C@H](OOCc2ccccc2)[C@]2(O)C[C@H](OC(=O)[C@H](O)[C@H](C=C(C)C)NC(=O)OC(C)(C)C)C(C)=C1C2(C)C. The highest BCUT2D eigenvalue weighted by atomic mass is 17.2. The molecule has 0 aromatic heterocycles. The van der Waals surface area contributed by atoms with E-state index in [0.717, 1.165) is 5.56 Å². The van der Waals surface area contributed by atoms with Crippen molar-refractivity contribution < 1.29 is 72.7 Å². The molecule has 2 bridgehead atoms. The van der Waals surface area contributed by atoms with E-state index in [9.17, 15) is 34.5 Å². The molecule has 4 N–H and O–H groups in total. The molecule has 1 aromatic rings. The fraction of sp³-hybridized carbons (Fsp3) is 0.674. The van der Waals surface area contributed by atoms with E-state index in [4.69, 9.17) is 38.2 Å². The summed E-state index contributed by atoms with van der Waals surface area (Å²) in [4.78, 5) is 64.9. The Hall–Kier alpha value is -3.90. The zero-order valence-corrected chi connectivity index (χ0v) is 35.9. The molecule has 2 saturated heterocycles. The molecule has 3 fully saturated rings. The van der Waals surface area contributed by atoms with Gasteiger partial charge < -0.3 is 49.1 Å². The van der Waals surface area contributed by atoms with Crippen molar-refractivity contribution in [2.24, 2.45) is 11.3 Å². The number of carbonyl (C=O) groups excluding carboxylic acids is 4. The molecule has 1 aromatic carbocycles. The van der Waals surface area contributed by atoms with E-state index in [1.165, 1.54) is 19.9 Å². The quantitative estimate of drug-likeness (QED) is 0.0818. The standard InChI is InChI=1S/C43H61NO15/c1-23(2)17-28(44-38(50)58-39(6,7)8)34(48)37(49)56-29-19-43(51)36(59-54-20-27-15-13-12-14-16-27)35-41(11,31(47)18-32-42(35,22-52-32)57-26(5)46)53-21-30(55-25(4)45)33(24(29)3)40(43,9)10/h12-17,28-32,34-36,47-48,51H,18-22H2,1-11H3,(H,44,50)/t28-,29-,30-,31-,32+,34+,35-,36-,41+,42-,43+/m0/s1. The summed E-state index contributed by atoms with van der Waals surface area (Å²) in [6.07, 6.45) is -7.93. The van der Waals surface area contributed by atoms with Crippen LogP contribution in [-0.4, -0.2) is 118 Å². The molecule has 0 unspecified atom stereocenters. The van der Waals surface area contributed by atoms with E-state index in [0.29, 0.717) is 16.7 Å². The molecule has 0 spiro atoms. The summed E-state index contributed by atoms with van der Waals surface area (Å²) in [6, 6.07) is 7.82. The zero-order chi connectivity index (χ0) is 43.9. The Kier molecular flexibility index (Phi) is 13.5. The maximum absolute atomic E-state index is 14.1. The lowest BCUT2D eigenvalue weighted by Gasteiger charge is -2.65. The van der Waals surface area contributed by atoms with Crippen LogP contribution in [0.4, 0.5) is 4.79 Å². The van der Waals surface area contributed by atoms with Crippen LogP contribution < -0.4 is 5.32 Å². The van der Waals surface area contributed by atoms with E-state index < -0.39 is 107 Å². The number of alkyl carbamates (subject to hydrolysis) is 1. The number of nitrogens with one attached hydrogen (secondary N) is 1. The zero-order valence-electron chi connectivity index (χ0n) is 35.9. The molecule has 59 heavy (non-hydrogen) atoms. The van der Waals surface area contributed by atoms with Gasteiger partial charge in [-0.05, 0) is 65.2 Å². The van der Waals surface area contributed by atoms with Crippen LogP contribution in [-0.2, 0) is 59.2 Å². The van der Waals surface area contributed by atoms with Crippen molar-refractivity contribution in [3.63, 3.8) is 0 Å². The fourth-order valence-electron chi connectivity index (χ4n) is 9.23. The van der Waals surface area contributed by atoms with E-state index in [1.54, 1.807) is 62.3 Å². The minimum absolute atomic E-state index is 0.0119. The van der Waals surface area contributed by atoms with Gasteiger partial charge in [-0.2, -0.15) is 0 Å². The fourth-order valence-corrected chi connectivity index (χ4v) is 9.23. The maximum Gasteiger partial charge on any atom is 0.408 e. The molecule has 5 rings (SSSR count). The second kappa shape index (κ2) is 17.2. The number of hydrogen-bond donors (Lipinski definition) is 4. The van der Waals surface area contributed by atoms with Gasteiger partial charge in [-0.1, -0.05) is 55.8 Å². The largest absolute Gasteiger partial charge is 0.456 e. The number of esters is 3. The van der Waals surface area contributed by atoms with E-state index in [1.807, 2.05) is 30.3 Å². The average molecular weight is 832 g/mol. The first-order valence-corrected chi connectivity index (χ1v) is 20.0. The predicted molar refractivity (Wildman–Crippen MR) is 209 cm³/mol. The van der Waals surface area contributed by atoms with Gasteiger partial charge in [0, 0.05) is 32.1 Å². The lowest BCUT2D eigenvalue weighted by molar-refractivity contribution is -0.426. The number of benzene rings is 1. The van der Waals surface area contributed by atoms with Crippen molar-refractivity contribution in [1.29, 1.82) is 0 Å². The minimum Gasteiger partial charge on any atom is -0.456 e. The van der Waals surface area contributed by atoms with Crippen molar-refractivity contribution in [2.45, 2.75) is 161 Å². The normalized spacial score (nSPS) is 33.5. The Labute approximate surface area is 345 Å². The van der Waals surface area contributed by atoms with Crippen molar-refractivity contribution in [3.05, 3.63) is 58.7 Å². The molecule has 16 heteroatoms. The number of amides is 1. The lowest BCUT2D eigenvalue weighted by atomic mass is 9.51. The molecule has 2 heterocycles. The number of carbonyl (C=O) groups is 4. The van der Waals surface area contributed by atoms with Crippen LogP contribution in [0.15, 0.2) is 53.1 Å². The molecule has 2 aliphatic heterocycles. The Morgan fingerprint density at radius 3 is 2.22 bits per heavy atom. The third-order valence-corrected chi connectivity index (χ3v) is 12.0. The Morgan fingerprint density at radius 1 is 1.00 bits per heavy atom. The van der Waals surface area contributed by atoms with Crippen molar-refractivity contribution in [2.75, 3.05) is 13.2 Å². The number of hydrogen-bond acceptors (Lipinski definition) is 15. The third-order valence-electron chi connectivity index (χ3n) is 12.0. The molecule has 16 nitrogen and oxygen atoms in total. The van der Waals surface area contributed by atoms with Gasteiger partial charge in [0.25, 0.3) is 0 Å². The number of aliphatic hydroxyl groups is 3. The molecule has 328 valence electrons. The number of aliphatic hydroxyl groups excluding tert-OH is 2. The topological polar surface area (TPSA) is 215 Å². The van der Waals surface area contributed by atoms with Crippen LogP contribution in [0.5, 0.6) is 0 Å². The molecule has 4 aliphatic rings. The van der Waals surface area contributed by atoms with Gasteiger partial charge in [0.1, 0.15) is 47.8 Å². The smallest absolute Gasteiger partial charge is 0.408 e. The monoisotopic (exact) mass is 831 g/mol. The lowest BCUT2D eigenvalue weighted by Crippen LogP contribution is -2.81. The molecule has 0 radical (unpaired) electrons. The number of fused-ring (bicyclic) bond motifs is 5.